The third-order valence-electron chi connectivity index (χ3n) is 2.15. The van der Waals surface area contributed by atoms with Crippen LogP contribution in [0.2, 0.25) is 0 Å². The van der Waals surface area contributed by atoms with Crippen LogP contribution in [0.4, 0.5) is 0 Å². The summed E-state index contributed by atoms with van der Waals surface area (Å²) in [5.74, 6) is -0.204. The molecule has 0 aromatic heterocycles. The van der Waals surface area contributed by atoms with Gasteiger partial charge in [-0.05, 0) is 25.7 Å². The molecule has 14 heavy (non-hydrogen) atoms. The first-order valence-electron chi connectivity index (χ1n) is 5.06. The first kappa shape index (κ1) is 13.4. The van der Waals surface area contributed by atoms with Crippen molar-refractivity contribution >= 4 is 5.97 Å². The molecule has 0 atom stereocenters. The van der Waals surface area contributed by atoms with Crippen molar-refractivity contribution in [3.05, 3.63) is 0 Å². The predicted octanol–water partition coefficient (Wildman–Crippen LogP) is 1.95. The van der Waals surface area contributed by atoms with Crippen molar-refractivity contribution in [3.63, 3.8) is 0 Å². The standard InChI is InChI=1S/C11H23NO2/c1-10(2,3)6-7-14-9(13)11(4,5)8-12/h6-8,12H2,1-5H3. The zero-order valence-electron chi connectivity index (χ0n) is 10.0. The van der Waals surface area contributed by atoms with Crippen molar-refractivity contribution < 1.29 is 9.53 Å². The molecule has 0 saturated heterocycles. The molecule has 3 heteroatoms. The molecule has 0 aliphatic carbocycles. The molecule has 0 aliphatic heterocycles. The second-order valence-electron chi connectivity index (χ2n) is 5.53. The zero-order valence-corrected chi connectivity index (χ0v) is 10.0. The molecule has 0 unspecified atom stereocenters. The van der Waals surface area contributed by atoms with E-state index in [1.807, 2.05) is 0 Å². The SMILES string of the molecule is CC(C)(C)CCOC(=O)C(C)(C)CN. The van der Waals surface area contributed by atoms with E-state index in [4.69, 9.17) is 10.5 Å². The Hall–Kier alpha value is -0.570. The quantitative estimate of drug-likeness (QED) is 0.707. The van der Waals surface area contributed by atoms with E-state index in [0.717, 1.165) is 6.42 Å². The molecule has 0 spiro atoms. The third kappa shape index (κ3) is 5.22. The van der Waals surface area contributed by atoms with Gasteiger partial charge in [0.15, 0.2) is 0 Å². The first-order chi connectivity index (χ1) is 6.19. The van der Waals surface area contributed by atoms with Crippen molar-refractivity contribution in [3.8, 4) is 0 Å². The highest BCUT2D eigenvalue weighted by Crippen LogP contribution is 2.20. The van der Waals surface area contributed by atoms with E-state index in [9.17, 15) is 4.79 Å². The fourth-order valence-corrected chi connectivity index (χ4v) is 0.729. The summed E-state index contributed by atoms with van der Waals surface area (Å²) >= 11 is 0. The Labute approximate surface area is 87.0 Å². The third-order valence-corrected chi connectivity index (χ3v) is 2.15. The van der Waals surface area contributed by atoms with Gasteiger partial charge in [0.05, 0.1) is 12.0 Å². The van der Waals surface area contributed by atoms with Crippen LogP contribution in [0.1, 0.15) is 41.0 Å². The second kappa shape index (κ2) is 4.78. The van der Waals surface area contributed by atoms with Gasteiger partial charge in [0.25, 0.3) is 0 Å². The van der Waals surface area contributed by atoms with Gasteiger partial charge in [-0.3, -0.25) is 4.79 Å². The van der Waals surface area contributed by atoms with Crippen LogP contribution in [0.5, 0.6) is 0 Å². The molecular weight excluding hydrogens is 178 g/mol. The van der Waals surface area contributed by atoms with Gasteiger partial charge in [0.2, 0.25) is 0 Å². The van der Waals surface area contributed by atoms with Gasteiger partial charge in [-0.2, -0.15) is 0 Å². The fourth-order valence-electron chi connectivity index (χ4n) is 0.729. The number of carbonyl (C=O) groups is 1. The first-order valence-corrected chi connectivity index (χ1v) is 5.06. The lowest BCUT2D eigenvalue weighted by molar-refractivity contribution is -0.153. The molecule has 0 heterocycles. The van der Waals surface area contributed by atoms with E-state index in [2.05, 4.69) is 20.8 Å². The van der Waals surface area contributed by atoms with Crippen LogP contribution in [-0.4, -0.2) is 19.1 Å². The maximum atomic E-state index is 11.5. The Balaban J connectivity index is 3.87. The van der Waals surface area contributed by atoms with Crippen LogP contribution in [-0.2, 0) is 9.53 Å². The summed E-state index contributed by atoms with van der Waals surface area (Å²) in [5.41, 5.74) is 5.11. The highest BCUT2D eigenvalue weighted by Gasteiger charge is 2.27. The van der Waals surface area contributed by atoms with E-state index in [-0.39, 0.29) is 11.4 Å². The molecule has 0 fully saturated rings. The average molecular weight is 201 g/mol. The van der Waals surface area contributed by atoms with Crippen molar-refractivity contribution in [2.24, 2.45) is 16.6 Å². The number of hydrogen-bond donors (Lipinski definition) is 1. The van der Waals surface area contributed by atoms with E-state index in [1.54, 1.807) is 13.8 Å². The molecular formula is C11H23NO2. The molecule has 2 N–H and O–H groups in total. The maximum absolute atomic E-state index is 11.5. The van der Waals surface area contributed by atoms with E-state index >= 15 is 0 Å². The van der Waals surface area contributed by atoms with E-state index in [1.165, 1.54) is 0 Å². The van der Waals surface area contributed by atoms with Crippen LogP contribution >= 0.6 is 0 Å². The van der Waals surface area contributed by atoms with Gasteiger partial charge in [-0.25, -0.2) is 0 Å². The van der Waals surface area contributed by atoms with Crippen molar-refractivity contribution in [1.29, 1.82) is 0 Å². The van der Waals surface area contributed by atoms with Crippen molar-refractivity contribution in [2.45, 2.75) is 41.0 Å². The van der Waals surface area contributed by atoms with Gasteiger partial charge >= 0.3 is 5.97 Å². The van der Waals surface area contributed by atoms with Crippen LogP contribution in [0.25, 0.3) is 0 Å². The Morgan fingerprint density at radius 2 is 1.71 bits per heavy atom. The Morgan fingerprint density at radius 3 is 2.07 bits per heavy atom. The van der Waals surface area contributed by atoms with Crippen molar-refractivity contribution in [2.75, 3.05) is 13.2 Å². The van der Waals surface area contributed by atoms with Gasteiger partial charge in [-0.15, -0.1) is 0 Å². The highest BCUT2D eigenvalue weighted by atomic mass is 16.5. The second-order valence-corrected chi connectivity index (χ2v) is 5.53. The number of esters is 1. The summed E-state index contributed by atoms with van der Waals surface area (Å²) in [5, 5.41) is 0. The van der Waals surface area contributed by atoms with Crippen LogP contribution < -0.4 is 5.73 Å². The Morgan fingerprint density at radius 1 is 1.21 bits per heavy atom. The lowest BCUT2D eigenvalue weighted by Crippen LogP contribution is -2.34. The molecule has 0 aromatic rings. The average Bonchev–Trinajstić information content (AvgIpc) is 2.02. The molecule has 0 aromatic carbocycles. The minimum Gasteiger partial charge on any atom is -0.465 e. The summed E-state index contributed by atoms with van der Waals surface area (Å²) in [7, 11) is 0. The minimum atomic E-state index is -0.558. The lowest BCUT2D eigenvalue weighted by Gasteiger charge is -2.22. The summed E-state index contributed by atoms with van der Waals surface area (Å²) in [4.78, 5) is 11.5. The Kier molecular flexibility index (Phi) is 4.59. The topological polar surface area (TPSA) is 52.3 Å². The highest BCUT2D eigenvalue weighted by molar-refractivity contribution is 5.76. The van der Waals surface area contributed by atoms with Crippen LogP contribution in [0, 0.1) is 10.8 Å². The van der Waals surface area contributed by atoms with Gasteiger partial charge in [0.1, 0.15) is 0 Å². The molecule has 0 bridgehead atoms. The molecule has 0 rings (SSSR count). The smallest absolute Gasteiger partial charge is 0.312 e. The van der Waals surface area contributed by atoms with Gasteiger partial charge in [0, 0.05) is 6.54 Å². The summed E-state index contributed by atoms with van der Waals surface area (Å²) in [6.07, 6.45) is 0.874. The predicted molar refractivity (Wildman–Crippen MR) is 57.9 cm³/mol. The van der Waals surface area contributed by atoms with E-state index in [0.29, 0.717) is 13.2 Å². The molecule has 3 nitrogen and oxygen atoms in total. The van der Waals surface area contributed by atoms with Crippen LogP contribution in [0.3, 0.4) is 0 Å². The Bertz CT molecular complexity index is 192. The van der Waals surface area contributed by atoms with Gasteiger partial charge < -0.3 is 10.5 Å². The van der Waals surface area contributed by atoms with Gasteiger partial charge in [-0.1, -0.05) is 20.8 Å². The normalized spacial score (nSPS) is 12.7. The monoisotopic (exact) mass is 201 g/mol. The zero-order chi connectivity index (χ0) is 11.4. The molecule has 0 amide bonds. The van der Waals surface area contributed by atoms with Crippen LogP contribution in [0.15, 0.2) is 0 Å². The minimum absolute atomic E-state index is 0.202. The summed E-state index contributed by atoms with van der Waals surface area (Å²) in [6, 6.07) is 0. The van der Waals surface area contributed by atoms with E-state index < -0.39 is 5.41 Å². The number of rotatable bonds is 4. The fraction of sp³-hybridized carbons (Fsp3) is 0.909. The number of carbonyl (C=O) groups excluding carboxylic acids is 1. The maximum Gasteiger partial charge on any atom is 0.312 e. The number of hydrogen-bond acceptors (Lipinski definition) is 3. The molecule has 0 saturated carbocycles. The largest absolute Gasteiger partial charge is 0.465 e. The summed E-state index contributed by atoms with van der Waals surface area (Å²) < 4.78 is 5.15. The van der Waals surface area contributed by atoms with Crippen molar-refractivity contribution in [1.82, 2.24) is 0 Å². The molecule has 0 aliphatic rings. The summed E-state index contributed by atoms with van der Waals surface area (Å²) in [6.45, 7) is 10.8. The number of ether oxygens (including phenoxy) is 1. The molecule has 84 valence electrons. The number of nitrogens with two attached hydrogens (primary N) is 1. The molecule has 0 radical (unpaired) electrons. The lowest BCUT2D eigenvalue weighted by atomic mass is 9.92.